The molecule has 0 radical (unpaired) electrons. The number of nitrogens with one attached hydrogen (secondary N) is 5. The fraction of sp³-hybridized carbons (Fsp3) is 0.361. The minimum Gasteiger partial charge on any atom is -0.449 e. The Morgan fingerprint density at radius 1 is 1.02 bits per heavy atom. The number of ether oxygens (including phenoxy) is 1. The van der Waals surface area contributed by atoms with Crippen LogP contribution in [0.25, 0.3) is 0 Å². The number of aromatic nitrogens is 1. The molecule has 2 aromatic carbocycles. The predicted octanol–water partition coefficient (Wildman–Crippen LogP) is 7.76. The number of carbonyl (C=O) groups excluding carboxylic acids is 2. The van der Waals surface area contributed by atoms with Crippen LogP contribution in [-0.2, 0) is 15.1 Å². The molecule has 1 aromatic heterocycles. The van der Waals surface area contributed by atoms with Crippen molar-refractivity contribution in [2.24, 2.45) is 11.7 Å². The van der Waals surface area contributed by atoms with Gasteiger partial charge in [0.2, 0.25) is 0 Å². The molecule has 1 aliphatic rings. The monoisotopic (exact) mass is 695 g/mol. The molecule has 4 rings (SSSR count). The molecule has 0 bridgehead atoms. The number of carbonyl (C=O) groups is 2. The summed E-state index contributed by atoms with van der Waals surface area (Å²) in [6, 6.07) is 13.1. The van der Waals surface area contributed by atoms with Crippen LogP contribution in [0.3, 0.4) is 0 Å². The summed E-state index contributed by atoms with van der Waals surface area (Å²) in [5, 5.41) is 22.9. The Kier molecular flexibility index (Phi) is 12.8. The molecule has 50 heavy (non-hydrogen) atoms. The smallest absolute Gasteiger partial charge is 0.432 e. The first-order valence-electron chi connectivity index (χ1n) is 16.4. The van der Waals surface area contributed by atoms with E-state index in [1.54, 1.807) is 24.5 Å². The second-order valence-corrected chi connectivity index (χ2v) is 12.2. The molecule has 2 amide bonds. The summed E-state index contributed by atoms with van der Waals surface area (Å²) >= 11 is 0. The molecule has 0 aliphatic heterocycles. The van der Waals surface area contributed by atoms with Gasteiger partial charge in [0.25, 0.3) is 5.91 Å². The number of unbranched alkanes of at least 4 members (excludes halogenated alkanes) is 3. The van der Waals surface area contributed by atoms with Gasteiger partial charge in [0, 0.05) is 23.6 Å². The van der Waals surface area contributed by atoms with E-state index in [0.29, 0.717) is 29.9 Å². The summed E-state index contributed by atoms with van der Waals surface area (Å²) in [6.07, 6.45) is 4.64. The van der Waals surface area contributed by atoms with Crippen molar-refractivity contribution in [2.75, 3.05) is 17.2 Å². The fourth-order valence-electron chi connectivity index (χ4n) is 5.21. The van der Waals surface area contributed by atoms with Crippen LogP contribution in [0.5, 0.6) is 0 Å². The maximum Gasteiger partial charge on any atom is 0.432 e. The molecule has 3 aromatic rings. The third-order valence-corrected chi connectivity index (χ3v) is 8.28. The van der Waals surface area contributed by atoms with Crippen LogP contribution in [-0.4, -0.2) is 41.3 Å². The number of amidine groups is 1. The van der Waals surface area contributed by atoms with Gasteiger partial charge in [-0.1, -0.05) is 63.3 Å². The van der Waals surface area contributed by atoms with E-state index in [-0.39, 0.29) is 35.5 Å². The fourth-order valence-corrected chi connectivity index (χ4v) is 5.21. The van der Waals surface area contributed by atoms with Crippen LogP contribution < -0.4 is 21.7 Å². The van der Waals surface area contributed by atoms with E-state index >= 15 is 4.39 Å². The third kappa shape index (κ3) is 10.7. The number of allylic oxidation sites excluding steroid dienone is 1. The molecular weight excluding hydrogens is 654 g/mol. The molecule has 266 valence electrons. The number of amides is 2. The number of hydrogen-bond acceptors (Lipinski definition) is 8. The van der Waals surface area contributed by atoms with Crippen LogP contribution in [0.2, 0.25) is 0 Å². The number of halogens is 4. The number of alkyl carbamates (subject to hydrolysis) is 1. The van der Waals surface area contributed by atoms with Crippen LogP contribution in [0, 0.1) is 22.6 Å². The van der Waals surface area contributed by atoms with Gasteiger partial charge in [-0.25, -0.2) is 9.18 Å². The van der Waals surface area contributed by atoms with Crippen molar-refractivity contribution < 1.29 is 31.9 Å². The van der Waals surface area contributed by atoms with Gasteiger partial charge in [-0.2, -0.15) is 13.2 Å². The summed E-state index contributed by atoms with van der Waals surface area (Å²) in [6.45, 7) is 2.23. The maximum absolute atomic E-state index is 15.2. The second kappa shape index (κ2) is 17.0. The van der Waals surface area contributed by atoms with Crippen molar-refractivity contribution in [2.45, 2.75) is 70.0 Å². The highest BCUT2D eigenvalue weighted by atomic mass is 19.4. The van der Waals surface area contributed by atoms with Crippen molar-refractivity contribution >= 4 is 34.9 Å². The van der Waals surface area contributed by atoms with Gasteiger partial charge in [-0.15, -0.1) is 0 Å². The highest BCUT2D eigenvalue weighted by Gasteiger charge is 2.35. The van der Waals surface area contributed by atoms with E-state index in [2.05, 4.69) is 27.9 Å². The molecule has 1 fully saturated rings. The molecule has 0 spiro atoms. The molecule has 1 unspecified atom stereocenters. The van der Waals surface area contributed by atoms with Gasteiger partial charge in [-0.3, -0.25) is 25.9 Å². The van der Waals surface area contributed by atoms with Crippen molar-refractivity contribution in [3.05, 3.63) is 101 Å². The molecule has 10 nitrogen and oxygen atoms in total. The number of alkyl halides is 3. The normalized spacial score (nSPS) is 14.3. The number of nitrogens with two attached hydrogens (primary N) is 1. The average Bonchev–Trinajstić information content (AvgIpc) is 3.92. The SMILES string of the molecule is CCCCCCOC(=O)NC(=N)c1cccc(N/C(=C\C(=N)C(F)(F)F)C(=O)Nc2cc(C(N)(CCC3CC3)c3cccnc3)ccc2F)c1. The van der Waals surface area contributed by atoms with Crippen LogP contribution in [0.1, 0.15) is 75.0 Å². The Morgan fingerprint density at radius 3 is 2.48 bits per heavy atom. The molecule has 1 aliphatic carbocycles. The van der Waals surface area contributed by atoms with Crippen LogP contribution in [0.4, 0.5) is 33.7 Å². The summed E-state index contributed by atoms with van der Waals surface area (Å²) in [5.74, 6) is -1.86. The Hall–Kier alpha value is -5.11. The second-order valence-electron chi connectivity index (χ2n) is 12.2. The lowest BCUT2D eigenvalue weighted by Gasteiger charge is -2.31. The number of nitrogens with zero attached hydrogens (tertiary/aromatic N) is 1. The summed E-state index contributed by atoms with van der Waals surface area (Å²) in [4.78, 5) is 29.8. The number of hydrogen-bond donors (Lipinski definition) is 6. The average molecular weight is 696 g/mol. The zero-order chi connectivity index (χ0) is 36.3. The molecule has 1 saturated carbocycles. The largest absolute Gasteiger partial charge is 0.449 e. The van der Waals surface area contributed by atoms with Crippen LogP contribution in [0.15, 0.2) is 78.8 Å². The van der Waals surface area contributed by atoms with Crippen molar-refractivity contribution in [1.29, 1.82) is 10.8 Å². The zero-order valence-electron chi connectivity index (χ0n) is 27.6. The summed E-state index contributed by atoms with van der Waals surface area (Å²) in [7, 11) is 0. The Balaban J connectivity index is 1.56. The van der Waals surface area contributed by atoms with Crippen molar-refractivity contribution in [3.63, 3.8) is 0 Å². The van der Waals surface area contributed by atoms with Gasteiger partial charge >= 0.3 is 12.3 Å². The maximum atomic E-state index is 15.2. The van der Waals surface area contributed by atoms with Crippen molar-refractivity contribution in [3.8, 4) is 0 Å². The van der Waals surface area contributed by atoms with Gasteiger partial charge in [0.15, 0.2) is 0 Å². The highest BCUT2D eigenvalue weighted by molar-refractivity contribution is 6.11. The molecule has 1 heterocycles. The lowest BCUT2D eigenvalue weighted by molar-refractivity contribution is -0.112. The highest BCUT2D eigenvalue weighted by Crippen LogP contribution is 2.40. The Morgan fingerprint density at radius 2 is 1.80 bits per heavy atom. The number of rotatable bonds is 16. The van der Waals surface area contributed by atoms with E-state index < -0.39 is 40.9 Å². The Bertz CT molecular complexity index is 1710. The molecule has 7 N–H and O–H groups in total. The van der Waals surface area contributed by atoms with Crippen LogP contribution >= 0.6 is 0 Å². The molecule has 1 atom stereocenters. The molecular formula is C36H41F4N7O3. The quantitative estimate of drug-likeness (QED) is 0.0295. The van der Waals surface area contributed by atoms with E-state index in [0.717, 1.165) is 44.6 Å². The number of benzene rings is 2. The Labute approximate surface area is 287 Å². The minimum atomic E-state index is -5.09. The number of pyridine rings is 1. The van der Waals surface area contributed by atoms with Gasteiger partial charge in [0.05, 0.1) is 17.8 Å². The van der Waals surface area contributed by atoms with E-state index in [1.165, 1.54) is 36.4 Å². The first-order chi connectivity index (χ1) is 23.8. The third-order valence-electron chi connectivity index (χ3n) is 8.28. The molecule has 0 saturated heterocycles. The summed E-state index contributed by atoms with van der Waals surface area (Å²) < 4.78 is 60.6. The van der Waals surface area contributed by atoms with Gasteiger partial charge < -0.3 is 21.1 Å². The standard InChI is InChI=1S/C36H41F4N7O3/c1-2-3-4-5-18-50-34(49)47-32(42)24-8-6-10-27(19-24)45-30(21-31(41)36(38,39)40)33(48)46-29-20-25(13-14-28(29)37)35(43,16-15-23-11-12-23)26-9-7-17-44-22-26/h6-10,13-14,17,19-23,41,45H,2-5,11-12,15-16,18,43H2,1H3,(H,46,48)(H2,42,47,49)/b30-21-,41-31?. The van der Waals surface area contributed by atoms with E-state index in [1.807, 2.05) is 0 Å². The zero-order valence-corrected chi connectivity index (χ0v) is 27.6. The topological polar surface area (TPSA) is 166 Å². The first kappa shape index (κ1) is 37.7. The lowest BCUT2D eigenvalue weighted by atomic mass is 9.80. The molecule has 14 heteroatoms. The van der Waals surface area contributed by atoms with E-state index in [9.17, 15) is 22.8 Å². The minimum absolute atomic E-state index is 0.0465. The lowest BCUT2D eigenvalue weighted by Crippen LogP contribution is -2.38. The van der Waals surface area contributed by atoms with E-state index in [4.69, 9.17) is 21.3 Å². The van der Waals surface area contributed by atoms with Gasteiger partial charge in [-0.05, 0) is 72.7 Å². The number of anilines is 2. The van der Waals surface area contributed by atoms with Crippen molar-refractivity contribution in [1.82, 2.24) is 10.3 Å². The van der Waals surface area contributed by atoms with Gasteiger partial charge in [0.1, 0.15) is 23.1 Å². The predicted molar refractivity (Wildman–Crippen MR) is 184 cm³/mol. The summed E-state index contributed by atoms with van der Waals surface area (Å²) in [5.41, 5.74) is 4.26. The first-order valence-corrected chi connectivity index (χ1v) is 16.4.